The van der Waals surface area contributed by atoms with Gasteiger partial charge in [-0.25, -0.2) is 14.8 Å². The summed E-state index contributed by atoms with van der Waals surface area (Å²) in [6.45, 7) is 7.94. The third kappa shape index (κ3) is 6.50. The van der Waals surface area contributed by atoms with Crippen LogP contribution in [-0.2, 0) is 11.3 Å². The summed E-state index contributed by atoms with van der Waals surface area (Å²) in [6.07, 6.45) is 3.50. The molecule has 8 nitrogen and oxygen atoms in total. The average molecular weight is 414 g/mol. The number of rotatable bonds is 9. The van der Waals surface area contributed by atoms with Crippen molar-refractivity contribution in [1.82, 2.24) is 20.9 Å². The smallest absolute Gasteiger partial charge is 0.407 e. The molecule has 1 saturated carbocycles. The first kappa shape index (κ1) is 21.7. The number of hydrogen-bond donors (Lipinski definition) is 3. The summed E-state index contributed by atoms with van der Waals surface area (Å²) in [5.74, 6) is 1.75. The topological polar surface area (TPSA) is 101 Å². The lowest BCUT2D eigenvalue weighted by Gasteiger charge is -2.20. The number of nitrogens with zero attached hydrogens (tertiary/aromatic N) is 2. The van der Waals surface area contributed by atoms with E-state index in [1.54, 1.807) is 13.2 Å². The van der Waals surface area contributed by atoms with E-state index in [9.17, 15) is 4.79 Å². The SMILES string of the molecule is CCNC(=NCc1coc(-c2ccc(C)cc2)n1)NCC(NC(=O)OCC)C1CC1. The fraction of sp³-hybridized carbons (Fsp3) is 0.500. The third-order valence-corrected chi connectivity index (χ3v) is 4.85. The molecule has 162 valence electrons. The van der Waals surface area contributed by atoms with Crippen molar-refractivity contribution in [3.8, 4) is 11.5 Å². The maximum Gasteiger partial charge on any atom is 0.407 e. The lowest BCUT2D eigenvalue weighted by Crippen LogP contribution is -2.48. The van der Waals surface area contributed by atoms with Crippen LogP contribution < -0.4 is 16.0 Å². The summed E-state index contributed by atoms with van der Waals surface area (Å²) in [5.41, 5.74) is 2.89. The number of amides is 1. The summed E-state index contributed by atoms with van der Waals surface area (Å²) in [5, 5.41) is 9.48. The van der Waals surface area contributed by atoms with E-state index in [1.165, 1.54) is 5.56 Å². The molecule has 1 amide bonds. The molecule has 0 bridgehead atoms. The number of guanidine groups is 1. The lowest BCUT2D eigenvalue weighted by atomic mass is 10.1. The molecule has 1 aliphatic rings. The number of carbonyl (C=O) groups is 1. The molecular weight excluding hydrogens is 382 g/mol. The molecule has 2 aromatic rings. The Balaban J connectivity index is 1.57. The Kier molecular flexibility index (Phi) is 7.70. The van der Waals surface area contributed by atoms with Crippen molar-refractivity contribution in [2.24, 2.45) is 10.9 Å². The second-order valence-electron chi connectivity index (χ2n) is 7.39. The molecular formula is C22H31N5O3. The van der Waals surface area contributed by atoms with Crippen LogP contribution in [0.15, 0.2) is 39.9 Å². The third-order valence-electron chi connectivity index (χ3n) is 4.85. The first-order chi connectivity index (χ1) is 14.6. The predicted molar refractivity (Wildman–Crippen MR) is 116 cm³/mol. The highest BCUT2D eigenvalue weighted by atomic mass is 16.5. The normalized spacial score (nSPS) is 14.8. The minimum absolute atomic E-state index is 0.0214. The molecule has 1 aromatic heterocycles. The van der Waals surface area contributed by atoms with Crippen molar-refractivity contribution >= 4 is 12.1 Å². The molecule has 1 atom stereocenters. The molecule has 0 aliphatic heterocycles. The fourth-order valence-corrected chi connectivity index (χ4v) is 3.08. The Bertz CT molecular complexity index is 843. The molecule has 1 heterocycles. The summed E-state index contributed by atoms with van der Waals surface area (Å²) in [4.78, 5) is 20.9. The average Bonchev–Trinajstić information content (AvgIpc) is 3.47. The molecule has 0 saturated heterocycles. The number of benzene rings is 1. The minimum Gasteiger partial charge on any atom is -0.450 e. The van der Waals surface area contributed by atoms with Gasteiger partial charge in [0, 0.05) is 18.7 Å². The van der Waals surface area contributed by atoms with Gasteiger partial charge in [-0.3, -0.25) is 0 Å². The number of ether oxygens (including phenoxy) is 1. The van der Waals surface area contributed by atoms with Crippen LogP contribution in [0.1, 0.15) is 37.9 Å². The van der Waals surface area contributed by atoms with Crippen LogP contribution in [0.3, 0.4) is 0 Å². The van der Waals surface area contributed by atoms with E-state index < -0.39 is 0 Å². The van der Waals surface area contributed by atoms with Crippen LogP contribution in [0.25, 0.3) is 11.5 Å². The van der Waals surface area contributed by atoms with Gasteiger partial charge in [-0.15, -0.1) is 0 Å². The maximum absolute atomic E-state index is 11.8. The Hall–Kier alpha value is -3.03. The van der Waals surface area contributed by atoms with Gasteiger partial charge in [0.1, 0.15) is 12.0 Å². The molecule has 1 aliphatic carbocycles. The van der Waals surface area contributed by atoms with Crippen LogP contribution in [0, 0.1) is 12.8 Å². The van der Waals surface area contributed by atoms with Crippen LogP contribution in [-0.4, -0.2) is 42.8 Å². The number of aromatic nitrogens is 1. The Labute approximate surface area is 177 Å². The van der Waals surface area contributed by atoms with Gasteiger partial charge >= 0.3 is 6.09 Å². The Morgan fingerprint density at radius 1 is 1.27 bits per heavy atom. The van der Waals surface area contributed by atoms with Gasteiger partial charge in [-0.1, -0.05) is 17.7 Å². The van der Waals surface area contributed by atoms with Gasteiger partial charge in [0.15, 0.2) is 5.96 Å². The number of hydrogen-bond acceptors (Lipinski definition) is 5. The van der Waals surface area contributed by atoms with E-state index in [2.05, 4.69) is 25.9 Å². The van der Waals surface area contributed by atoms with Crippen molar-refractivity contribution in [2.75, 3.05) is 19.7 Å². The maximum atomic E-state index is 11.8. The summed E-state index contributed by atoms with van der Waals surface area (Å²) >= 11 is 0. The van der Waals surface area contributed by atoms with Gasteiger partial charge in [-0.2, -0.15) is 0 Å². The van der Waals surface area contributed by atoms with E-state index in [1.807, 2.05) is 38.1 Å². The predicted octanol–water partition coefficient (Wildman–Crippen LogP) is 3.23. The van der Waals surface area contributed by atoms with Gasteiger partial charge in [-0.05, 0) is 51.7 Å². The second-order valence-corrected chi connectivity index (χ2v) is 7.39. The van der Waals surface area contributed by atoms with Crippen molar-refractivity contribution in [3.05, 3.63) is 41.8 Å². The van der Waals surface area contributed by atoms with Gasteiger partial charge in [0.2, 0.25) is 5.89 Å². The lowest BCUT2D eigenvalue weighted by molar-refractivity contribution is 0.146. The highest BCUT2D eigenvalue weighted by molar-refractivity contribution is 5.79. The van der Waals surface area contributed by atoms with Crippen molar-refractivity contribution in [2.45, 2.75) is 46.2 Å². The standard InChI is InChI=1S/C22H31N5O3/c1-4-23-21(25-13-19(16-10-11-16)27-22(28)29-5-2)24-12-18-14-30-20(26-18)17-8-6-15(3)7-9-17/h6-9,14,16,19H,4-5,10-13H2,1-3H3,(H,27,28)(H2,23,24,25). The van der Waals surface area contributed by atoms with Crippen LogP contribution in [0.5, 0.6) is 0 Å². The van der Waals surface area contributed by atoms with E-state index in [0.29, 0.717) is 37.5 Å². The zero-order valence-electron chi connectivity index (χ0n) is 17.9. The zero-order chi connectivity index (χ0) is 21.3. The minimum atomic E-state index is -0.371. The molecule has 1 aromatic carbocycles. The molecule has 3 rings (SSSR count). The largest absolute Gasteiger partial charge is 0.450 e. The zero-order valence-corrected chi connectivity index (χ0v) is 17.9. The van der Waals surface area contributed by atoms with Crippen molar-refractivity contribution in [3.63, 3.8) is 0 Å². The molecule has 1 fully saturated rings. The highest BCUT2D eigenvalue weighted by Gasteiger charge is 2.32. The van der Waals surface area contributed by atoms with Gasteiger partial charge < -0.3 is 25.1 Å². The van der Waals surface area contributed by atoms with Crippen LogP contribution in [0.4, 0.5) is 4.79 Å². The Morgan fingerprint density at radius 3 is 2.70 bits per heavy atom. The van der Waals surface area contributed by atoms with Crippen LogP contribution >= 0.6 is 0 Å². The highest BCUT2D eigenvalue weighted by Crippen LogP contribution is 2.32. The number of alkyl carbamates (subject to hydrolysis) is 1. The summed E-state index contributed by atoms with van der Waals surface area (Å²) in [6, 6.07) is 8.08. The van der Waals surface area contributed by atoms with E-state index in [-0.39, 0.29) is 12.1 Å². The van der Waals surface area contributed by atoms with E-state index in [0.717, 1.165) is 30.6 Å². The van der Waals surface area contributed by atoms with Gasteiger partial charge in [0.25, 0.3) is 0 Å². The molecule has 8 heteroatoms. The summed E-state index contributed by atoms with van der Waals surface area (Å²) < 4.78 is 10.6. The number of aryl methyl sites for hydroxylation is 1. The second kappa shape index (κ2) is 10.7. The molecule has 3 N–H and O–H groups in total. The number of aliphatic imine (C=N–C) groups is 1. The number of nitrogens with one attached hydrogen (secondary N) is 3. The van der Waals surface area contributed by atoms with E-state index in [4.69, 9.17) is 9.15 Å². The summed E-state index contributed by atoms with van der Waals surface area (Å²) in [7, 11) is 0. The fourth-order valence-electron chi connectivity index (χ4n) is 3.08. The Morgan fingerprint density at radius 2 is 2.03 bits per heavy atom. The van der Waals surface area contributed by atoms with Crippen molar-refractivity contribution < 1.29 is 13.9 Å². The first-order valence-corrected chi connectivity index (χ1v) is 10.6. The molecule has 30 heavy (non-hydrogen) atoms. The molecule has 1 unspecified atom stereocenters. The van der Waals surface area contributed by atoms with E-state index >= 15 is 0 Å². The molecule has 0 radical (unpaired) electrons. The number of carbonyl (C=O) groups excluding carboxylic acids is 1. The molecule has 0 spiro atoms. The van der Waals surface area contributed by atoms with Crippen molar-refractivity contribution in [1.29, 1.82) is 0 Å². The number of oxazole rings is 1. The first-order valence-electron chi connectivity index (χ1n) is 10.6. The van der Waals surface area contributed by atoms with Crippen LogP contribution in [0.2, 0.25) is 0 Å². The van der Waals surface area contributed by atoms with Gasteiger partial charge in [0.05, 0.1) is 19.2 Å². The quantitative estimate of drug-likeness (QED) is 0.431. The monoisotopic (exact) mass is 413 g/mol.